The first kappa shape index (κ1) is 21.4. The molecule has 0 unspecified atom stereocenters. The lowest BCUT2D eigenvalue weighted by molar-refractivity contribution is 0.0995. The number of fused-ring (bicyclic) bond motifs is 1. The summed E-state index contributed by atoms with van der Waals surface area (Å²) in [4.78, 5) is 16.2. The highest BCUT2D eigenvalue weighted by atomic mass is 16.5. The summed E-state index contributed by atoms with van der Waals surface area (Å²) >= 11 is 0. The third-order valence-electron chi connectivity index (χ3n) is 4.50. The lowest BCUT2D eigenvalue weighted by Crippen LogP contribution is -2.19. The van der Waals surface area contributed by atoms with E-state index >= 15 is 0 Å². The van der Waals surface area contributed by atoms with Crippen molar-refractivity contribution in [1.29, 1.82) is 0 Å². The number of anilines is 3. The Kier molecular flexibility index (Phi) is 6.78. The largest absolute Gasteiger partial charge is 0.382 e. The Labute approximate surface area is 175 Å². The first-order valence-electron chi connectivity index (χ1n) is 10.0. The van der Waals surface area contributed by atoms with Gasteiger partial charge in [0.1, 0.15) is 0 Å². The van der Waals surface area contributed by atoms with Crippen LogP contribution in [-0.4, -0.2) is 50.6 Å². The highest BCUT2D eigenvalue weighted by Gasteiger charge is 2.16. The average molecular weight is 412 g/mol. The molecule has 10 nitrogen and oxygen atoms in total. The van der Waals surface area contributed by atoms with Crippen LogP contribution in [0.3, 0.4) is 0 Å². The molecular weight excluding hydrogens is 384 g/mol. The first-order valence-corrected chi connectivity index (χ1v) is 10.0. The Bertz CT molecular complexity index is 1030. The fraction of sp³-hybridized carbons (Fsp3) is 0.450. The molecule has 160 valence electrons. The third kappa shape index (κ3) is 4.82. The summed E-state index contributed by atoms with van der Waals surface area (Å²) in [5.41, 5.74) is 8.32. The Morgan fingerprint density at radius 2 is 2.10 bits per heavy atom. The highest BCUT2D eigenvalue weighted by Crippen LogP contribution is 2.27. The van der Waals surface area contributed by atoms with Crippen molar-refractivity contribution in [3.05, 3.63) is 29.6 Å². The van der Waals surface area contributed by atoms with Gasteiger partial charge in [-0.15, -0.1) is 10.2 Å². The zero-order valence-corrected chi connectivity index (χ0v) is 17.8. The van der Waals surface area contributed by atoms with E-state index in [1.807, 2.05) is 36.9 Å². The number of rotatable bonds is 10. The number of amides is 1. The van der Waals surface area contributed by atoms with Gasteiger partial charge in [0.15, 0.2) is 11.5 Å². The fourth-order valence-corrected chi connectivity index (χ4v) is 3.17. The second kappa shape index (κ2) is 9.49. The van der Waals surface area contributed by atoms with E-state index in [0.717, 1.165) is 28.6 Å². The van der Waals surface area contributed by atoms with Gasteiger partial charge < -0.3 is 21.1 Å². The summed E-state index contributed by atoms with van der Waals surface area (Å²) < 4.78 is 7.30. The van der Waals surface area contributed by atoms with E-state index in [1.54, 1.807) is 0 Å². The molecule has 2 heterocycles. The molecule has 0 atom stereocenters. The zero-order valence-electron chi connectivity index (χ0n) is 17.8. The molecule has 0 fully saturated rings. The van der Waals surface area contributed by atoms with Crippen LogP contribution >= 0.6 is 0 Å². The van der Waals surface area contributed by atoms with Crippen LogP contribution in [0.25, 0.3) is 10.9 Å². The van der Waals surface area contributed by atoms with Gasteiger partial charge >= 0.3 is 0 Å². The number of carbonyl (C=O) groups excluding carboxylic acids is 1. The highest BCUT2D eigenvalue weighted by molar-refractivity contribution is 5.96. The van der Waals surface area contributed by atoms with Crippen LogP contribution in [0.1, 0.15) is 49.3 Å². The van der Waals surface area contributed by atoms with E-state index in [-0.39, 0.29) is 17.6 Å². The molecule has 0 radical (unpaired) electrons. The van der Waals surface area contributed by atoms with Crippen molar-refractivity contribution < 1.29 is 9.53 Å². The Hall–Kier alpha value is -3.27. The minimum atomic E-state index is -0.703. The molecule has 0 saturated carbocycles. The number of hydrogen-bond donors (Lipinski definition) is 3. The molecule has 10 heteroatoms. The normalized spacial score (nSPS) is 11.2. The van der Waals surface area contributed by atoms with Gasteiger partial charge in [-0.3, -0.25) is 9.48 Å². The number of primary amides is 1. The first-order chi connectivity index (χ1) is 14.4. The SMILES string of the molecule is CCOCCCNc1nnc(C(N)=O)c(Nc2cc(C)c3c(cnn3C(C)C)c2)n1. The van der Waals surface area contributed by atoms with Gasteiger partial charge in [0.25, 0.3) is 5.91 Å². The van der Waals surface area contributed by atoms with Crippen LogP contribution in [0.4, 0.5) is 17.5 Å². The van der Waals surface area contributed by atoms with E-state index in [0.29, 0.717) is 25.7 Å². The molecular formula is C20H28N8O2. The number of hydrogen-bond acceptors (Lipinski definition) is 8. The van der Waals surface area contributed by atoms with Gasteiger partial charge in [-0.2, -0.15) is 10.1 Å². The molecule has 1 amide bonds. The number of nitrogens with two attached hydrogens (primary N) is 1. The maximum atomic E-state index is 11.8. The predicted molar refractivity (Wildman–Crippen MR) is 116 cm³/mol. The van der Waals surface area contributed by atoms with Crippen molar-refractivity contribution in [3.63, 3.8) is 0 Å². The third-order valence-corrected chi connectivity index (χ3v) is 4.50. The summed E-state index contributed by atoms with van der Waals surface area (Å²) in [6.45, 7) is 10.1. The molecule has 0 spiro atoms. The van der Waals surface area contributed by atoms with E-state index in [9.17, 15) is 4.79 Å². The molecule has 4 N–H and O–H groups in total. The average Bonchev–Trinajstić information content (AvgIpc) is 3.12. The quantitative estimate of drug-likeness (QED) is 0.433. The zero-order chi connectivity index (χ0) is 21.7. The number of ether oxygens (including phenoxy) is 1. The molecule has 30 heavy (non-hydrogen) atoms. The van der Waals surface area contributed by atoms with E-state index < -0.39 is 5.91 Å². The van der Waals surface area contributed by atoms with E-state index in [1.165, 1.54) is 0 Å². The smallest absolute Gasteiger partial charge is 0.273 e. The molecule has 0 saturated heterocycles. The number of carbonyl (C=O) groups is 1. The van der Waals surface area contributed by atoms with Crippen LogP contribution in [0.2, 0.25) is 0 Å². The van der Waals surface area contributed by atoms with Gasteiger partial charge in [-0.1, -0.05) is 0 Å². The van der Waals surface area contributed by atoms with Gasteiger partial charge in [-0.05, 0) is 51.8 Å². The van der Waals surface area contributed by atoms with Gasteiger partial charge in [0.2, 0.25) is 5.95 Å². The molecule has 2 aromatic heterocycles. The maximum absolute atomic E-state index is 11.8. The lowest BCUT2D eigenvalue weighted by Gasteiger charge is -2.13. The van der Waals surface area contributed by atoms with E-state index in [2.05, 4.69) is 44.8 Å². The van der Waals surface area contributed by atoms with Crippen LogP contribution in [-0.2, 0) is 4.74 Å². The Balaban J connectivity index is 1.85. The number of aryl methyl sites for hydroxylation is 1. The van der Waals surface area contributed by atoms with E-state index in [4.69, 9.17) is 10.5 Å². The summed E-state index contributed by atoms with van der Waals surface area (Å²) in [5, 5.41) is 19.6. The van der Waals surface area contributed by atoms with Crippen LogP contribution < -0.4 is 16.4 Å². The fourth-order valence-electron chi connectivity index (χ4n) is 3.17. The van der Waals surface area contributed by atoms with Gasteiger partial charge in [0, 0.05) is 36.9 Å². The Morgan fingerprint density at radius 3 is 2.80 bits per heavy atom. The molecule has 0 aliphatic rings. The summed E-state index contributed by atoms with van der Waals surface area (Å²) in [5.74, 6) is -0.143. The second-order valence-electron chi connectivity index (χ2n) is 7.21. The van der Waals surface area contributed by atoms with Crippen LogP contribution in [0, 0.1) is 6.92 Å². The number of benzene rings is 1. The van der Waals surface area contributed by atoms with Crippen molar-refractivity contribution in [2.24, 2.45) is 5.73 Å². The standard InChI is InChI=1S/C20H28N8O2/c1-5-30-8-6-7-22-20-25-19(16(18(21)29)26-27-20)24-15-9-13(4)17-14(10-15)11-23-28(17)12(2)3/h9-12H,5-8H2,1-4H3,(H2,21,29)(H2,22,24,25,27). The molecule has 0 bridgehead atoms. The maximum Gasteiger partial charge on any atom is 0.273 e. The predicted octanol–water partition coefficient (Wildman–Crippen LogP) is 2.79. The molecule has 0 aliphatic carbocycles. The second-order valence-corrected chi connectivity index (χ2v) is 7.21. The Morgan fingerprint density at radius 1 is 1.30 bits per heavy atom. The number of nitrogens with zero attached hydrogens (tertiary/aromatic N) is 5. The monoisotopic (exact) mass is 412 g/mol. The summed E-state index contributed by atoms with van der Waals surface area (Å²) in [6.07, 6.45) is 2.62. The van der Waals surface area contributed by atoms with Gasteiger partial charge in [0.05, 0.1) is 11.7 Å². The number of nitrogens with one attached hydrogen (secondary N) is 2. The molecule has 0 aliphatic heterocycles. The minimum Gasteiger partial charge on any atom is -0.382 e. The van der Waals surface area contributed by atoms with Crippen LogP contribution in [0.15, 0.2) is 18.3 Å². The van der Waals surface area contributed by atoms with Crippen molar-refractivity contribution in [3.8, 4) is 0 Å². The minimum absolute atomic E-state index is 0.0227. The van der Waals surface area contributed by atoms with Crippen molar-refractivity contribution >= 4 is 34.3 Å². The summed E-state index contributed by atoms with van der Waals surface area (Å²) in [6, 6.07) is 4.19. The van der Waals surface area contributed by atoms with Crippen molar-refractivity contribution in [2.45, 2.75) is 40.2 Å². The topological polar surface area (TPSA) is 133 Å². The van der Waals surface area contributed by atoms with Gasteiger partial charge in [-0.25, -0.2) is 0 Å². The molecule has 3 aromatic rings. The lowest BCUT2D eigenvalue weighted by atomic mass is 10.1. The molecule has 1 aromatic carbocycles. The van der Waals surface area contributed by atoms with Crippen LogP contribution in [0.5, 0.6) is 0 Å². The molecule has 3 rings (SSSR count). The van der Waals surface area contributed by atoms with Crippen molar-refractivity contribution in [2.75, 3.05) is 30.4 Å². The summed E-state index contributed by atoms with van der Waals surface area (Å²) in [7, 11) is 0. The number of aromatic nitrogens is 5. The van der Waals surface area contributed by atoms with Crippen molar-refractivity contribution in [1.82, 2.24) is 25.0 Å².